The average molecular weight is 391 g/mol. The van der Waals surface area contributed by atoms with Crippen molar-refractivity contribution >= 4 is 37.3 Å². The Hall–Kier alpha value is -2.84. The first-order chi connectivity index (χ1) is 12.3. The van der Waals surface area contributed by atoms with Gasteiger partial charge in [0.15, 0.2) is 9.84 Å². The van der Waals surface area contributed by atoms with E-state index in [1.54, 1.807) is 18.2 Å². The van der Waals surface area contributed by atoms with Crippen LogP contribution in [0.2, 0.25) is 0 Å². The zero-order valence-corrected chi connectivity index (χ0v) is 15.2. The maximum absolute atomic E-state index is 11.6. The number of nitrogens with one attached hydrogen (secondary N) is 1. The molecule has 0 spiro atoms. The first-order valence-electron chi connectivity index (χ1n) is 7.39. The summed E-state index contributed by atoms with van der Waals surface area (Å²) < 4.78 is 29.4. The largest absolute Gasteiger partial charge is 0.424 e. The van der Waals surface area contributed by atoms with Gasteiger partial charge in [0.05, 0.1) is 27.6 Å². The number of nitrogens with zero attached hydrogens (tertiary/aromatic N) is 4. The van der Waals surface area contributed by atoms with Crippen molar-refractivity contribution < 1.29 is 17.6 Å². The number of benzene rings is 1. The summed E-state index contributed by atoms with van der Waals surface area (Å²) in [6, 6.07) is 6.57. The van der Waals surface area contributed by atoms with E-state index in [1.807, 2.05) is 0 Å². The van der Waals surface area contributed by atoms with Crippen LogP contribution in [0.15, 0.2) is 27.5 Å². The molecular weight excluding hydrogens is 378 g/mol. The van der Waals surface area contributed by atoms with Gasteiger partial charge in [0.2, 0.25) is 17.7 Å². The SMILES string of the molecule is CS(=O)(=O)c1ccc2nc(Cc3nnc(CC(=O)NCC#N)o3)sc2c1. The number of aromatic nitrogens is 3. The fourth-order valence-electron chi connectivity index (χ4n) is 2.16. The molecule has 134 valence electrons. The van der Waals surface area contributed by atoms with Crippen molar-refractivity contribution in [1.29, 1.82) is 5.26 Å². The smallest absolute Gasteiger partial charge is 0.230 e. The van der Waals surface area contributed by atoms with E-state index in [9.17, 15) is 13.2 Å². The van der Waals surface area contributed by atoms with Crippen LogP contribution in [0.1, 0.15) is 16.8 Å². The average Bonchev–Trinajstić information content (AvgIpc) is 3.17. The van der Waals surface area contributed by atoms with Gasteiger partial charge in [-0.15, -0.1) is 21.5 Å². The molecule has 0 fully saturated rings. The van der Waals surface area contributed by atoms with Gasteiger partial charge in [0, 0.05) is 6.26 Å². The number of thiazole rings is 1. The van der Waals surface area contributed by atoms with Crippen molar-refractivity contribution in [3.8, 4) is 6.07 Å². The molecular formula is C15H13N5O4S2. The molecule has 0 bridgehead atoms. The van der Waals surface area contributed by atoms with E-state index in [4.69, 9.17) is 9.68 Å². The molecule has 11 heteroatoms. The number of hydrogen-bond donors (Lipinski definition) is 1. The lowest BCUT2D eigenvalue weighted by molar-refractivity contribution is -0.120. The maximum Gasteiger partial charge on any atom is 0.230 e. The molecule has 3 aromatic rings. The van der Waals surface area contributed by atoms with Crippen LogP contribution in [0.25, 0.3) is 10.2 Å². The fraction of sp³-hybridized carbons (Fsp3) is 0.267. The summed E-state index contributed by atoms with van der Waals surface area (Å²) in [5.74, 6) is 0.0708. The monoisotopic (exact) mass is 391 g/mol. The number of hydrogen-bond acceptors (Lipinski definition) is 9. The van der Waals surface area contributed by atoms with Gasteiger partial charge in [-0.25, -0.2) is 13.4 Å². The van der Waals surface area contributed by atoms with Crippen LogP contribution in [-0.2, 0) is 27.5 Å². The van der Waals surface area contributed by atoms with E-state index < -0.39 is 9.84 Å². The predicted octanol–water partition coefficient (Wildman–Crippen LogP) is 0.856. The number of fused-ring (bicyclic) bond motifs is 1. The highest BCUT2D eigenvalue weighted by Gasteiger charge is 2.14. The number of nitriles is 1. The minimum atomic E-state index is -3.28. The maximum atomic E-state index is 11.6. The predicted molar refractivity (Wildman–Crippen MR) is 92.2 cm³/mol. The molecule has 0 unspecified atom stereocenters. The van der Waals surface area contributed by atoms with Gasteiger partial charge in [-0.3, -0.25) is 4.79 Å². The minimum absolute atomic E-state index is 0.0823. The molecule has 0 saturated heterocycles. The molecule has 2 heterocycles. The highest BCUT2D eigenvalue weighted by molar-refractivity contribution is 7.90. The molecule has 0 radical (unpaired) electrons. The van der Waals surface area contributed by atoms with Gasteiger partial charge < -0.3 is 9.73 Å². The van der Waals surface area contributed by atoms with Crippen LogP contribution in [-0.4, -0.2) is 42.3 Å². The van der Waals surface area contributed by atoms with Crippen molar-refractivity contribution in [3.63, 3.8) is 0 Å². The van der Waals surface area contributed by atoms with Crippen molar-refractivity contribution in [2.24, 2.45) is 0 Å². The van der Waals surface area contributed by atoms with E-state index in [0.717, 1.165) is 11.0 Å². The molecule has 1 N–H and O–H groups in total. The molecule has 1 aromatic carbocycles. The first-order valence-corrected chi connectivity index (χ1v) is 10.1. The number of rotatable bonds is 6. The summed E-state index contributed by atoms with van der Waals surface area (Å²) in [6.07, 6.45) is 1.33. The minimum Gasteiger partial charge on any atom is -0.424 e. The van der Waals surface area contributed by atoms with Gasteiger partial charge in [-0.05, 0) is 18.2 Å². The molecule has 26 heavy (non-hydrogen) atoms. The van der Waals surface area contributed by atoms with Gasteiger partial charge in [-0.1, -0.05) is 0 Å². The molecule has 2 aromatic heterocycles. The van der Waals surface area contributed by atoms with Crippen molar-refractivity contribution in [1.82, 2.24) is 20.5 Å². The summed E-state index contributed by atoms with van der Waals surface area (Å²) in [7, 11) is -3.28. The Morgan fingerprint density at radius 1 is 1.35 bits per heavy atom. The Morgan fingerprint density at radius 2 is 2.12 bits per heavy atom. The summed E-state index contributed by atoms with van der Waals surface area (Å²) in [6.45, 7) is -0.0823. The summed E-state index contributed by atoms with van der Waals surface area (Å²) in [5, 5.41) is 19.2. The van der Waals surface area contributed by atoms with Crippen LogP contribution >= 0.6 is 11.3 Å². The molecule has 1 amide bonds. The van der Waals surface area contributed by atoms with E-state index >= 15 is 0 Å². The number of amides is 1. The van der Waals surface area contributed by atoms with E-state index in [-0.39, 0.29) is 36.1 Å². The second-order valence-corrected chi connectivity index (χ2v) is 8.52. The van der Waals surface area contributed by atoms with Crippen LogP contribution in [0, 0.1) is 11.3 Å². The van der Waals surface area contributed by atoms with Gasteiger partial charge in [0.25, 0.3) is 0 Å². The van der Waals surface area contributed by atoms with E-state index in [2.05, 4.69) is 20.5 Å². The standard InChI is InChI=1S/C15H13N5O4S2/c1-26(22,23)9-2-3-10-11(6-9)25-15(18-10)8-14-20-19-13(24-14)7-12(21)17-5-4-16/h2-3,6H,5,7-8H2,1H3,(H,17,21). The second-order valence-electron chi connectivity index (χ2n) is 5.39. The van der Waals surface area contributed by atoms with E-state index in [1.165, 1.54) is 17.4 Å². The first kappa shape index (κ1) is 18.0. The molecule has 0 aliphatic carbocycles. The van der Waals surface area contributed by atoms with Crippen LogP contribution in [0.5, 0.6) is 0 Å². The molecule has 0 atom stereocenters. The van der Waals surface area contributed by atoms with Gasteiger partial charge >= 0.3 is 0 Å². The third-order valence-corrected chi connectivity index (χ3v) is 5.45. The van der Waals surface area contributed by atoms with Crippen LogP contribution in [0.4, 0.5) is 0 Å². The Labute approximate surface area is 152 Å². The fourth-order valence-corrected chi connectivity index (χ4v) is 3.88. The molecule has 0 aliphatic rings. The summed E-state index contributed by atoms with van der Waals surface area (Å²) in [5.41, 5.74) is 0.688. The third-order valence-electron chi connectivity index (χ3n) is 3.32. The van der Waals surface area contributed by atoms with Gasteiger partial charge in [0.1, 0.15) is 18.0 Å². The van der Waals surface area contributed by atoms with Crippen molar-refractivity contribution in [3.05, 3.63) is 35.0 Å². The Bertz CT molecular complexity index is 1110. The lowest BCUT2D eigenvalue weighted by atomic mass is 10.3. The normalized spacial score (nSPS) is 11.4. The highest BCUT2D eigenvalue weighted by Crippen LogP contribution is 2.26. The lowest BCUT2D eigenvalue weighted by Crippen LogP contribution is -2.25. The van der Waals surface area contributed by atoms with Crippen molar-refractivity contribution in [2.75, 3.05) is 12.8 Å². The molecule has 3 rings (SSSR count). The zero-order valence-electron chi connectivity index (χ0n) is 13.6. The second kappa shape index (κ2) is 7.19. The van der Waals surface area contributed by atoms with Crippen LogP contribution < -0.4 is 5.32 Å². The Kier molecular flexibility index (Phi) is 4.97. The van der Waals surface area contributed by atoms with Gasteiger partial charge in [-0.2, -0.15) is 5.26 Å². The summed E-state index contributed by atoms with van der Waals surface area (Å²) >= 11 is 1.34. The number of carbonyl (C=O) groups excluding carboxylic acids is 1. The third kappa shape index (κ3) is 4.22. The Morgan fingerprint density at radius 3 is 2.85 bits per heavy atom. The zero-order chi connectivity index (χ0) is 18.7. The lowest BCUT2D eigenvalue weighted by Gasteiger charge is -1.96. The molecule has 9 nitrogen and oxygen atoms in total. The number of sulfone groups is 1. The summed E-state index contributed by atoms with van der Waals surface area (Å²) in [4.78, 5) is 16.2. The van der Waals surface area contributed by atoms with E-state index in [0.29, 0.717) is 16.4 Å². The topological polar surface area (TPSA) is 139 Å². The quantitative estimate of drug-likeness (QED) is 0.610. The van der Waals surface area contributed by atoms with Crippen molar-refractivity contribution in [2.45, 2.75) is 17.7 Å². The number of carbonyl (C=O) groups is 1. The molecule has 0 aliphatic heterocycles. The highest BCUT2D eigenvalue weighted by atomic mass is 32.2. The molecule has 0 saturated carbocycles. The Balaban J connectivity index is 1.73. The van der Waals surface area contributed by atoms with Crippen LogP contribution in [0.3, 0.4) is 0 Å².